The van der Waals surface area contributed by atoms with Crippen molar-refractivity contribution in [3.8, 4) is 11.5 Å². The summed E-state index contributed by atoms with van der Waals surface area (Å²) in [6.45, 7) is 2.56. The fraction of sp³-hybridized carbons (Fsp3) is 0.190. The zero-order chi connectivity index (χ0) is 21.0. The highest BCUT2D eigenvalue weighted by Gasteiger charge is 2.37. The third-order valence-electron chi connectivity index (χ3n) is 4.16. The van der Waals surface area contributed by atoms with Gasteiger partial charge in [-0.3, -0.25) is 14.9 Å². The zero-order valence-corrected chi connectivity index (χ0v) is 17.5. The van der Waals surface area contributed by atoms with Crippen LogP contribution in [0.15, 0.2) is 52.5 Å². The Bertz CT molecular complexity index is 985. The van der Waals surface area contributed by atoms with E-state index in [1.165, 1.54) is 13.2 Å². The maximum atomic E-state index is 13.0. The van der Waals surface area contributed by atoms with Gasteiger partial charge in [0.25, 0.3) is 11.8 Å². The minimum Gasteiger partial charge on any atom is -0.496 e. The lowest BCUT2D eigenvalue weighted by Crippen LogP contribution is -2.54. The van der Waals surface area contributed by atoms with E-state index in [-0.39, 0.29) is 5.57 Å². The van der Waals surface area contributed by atoms with Gasteiger partial charge >= 0.3 is 6.03 Å². The highest BCUT2D eigenvalue weighted by atomic mass is 79.9. The summed E-state index contributed by atoms with van der Waals surface area (Å²) in [5, 5.41) is 2.20. The average molecular weight is 459 g/mol. The summed E-state index contributed by atoms with van der Waals surface area (Å²) < 4.78 is 11.6. The number of imide groups is 2. The molecule has 0 saturated carbocycles. The molecular weight excluding hydrogens is 440 g/mol. The van der Waals surface area contributed by atoms with Crippen molar-refractivity contribution in [3.63, 3.8) is 0 Å². The van der Waals surface area contributed by atoms with Crippen molar-refractivity contribution in [2.45, 2.75) is 13.3 Å². The van der Waals surface area contributed by atoms with Gasteiger partial charge in [0.1, 0.15) is 17.1 Å². The predicted octanol–water partition coefficient (Wildman–Crippen LogP) is 3.91. The smallest absolute Gasteiger partial charge is 0.335 e. The molecule has 29 heavy (non-hydrogen) atoms. The number of rotatable bonds is 6. The Labute approximate surface area is 176 Å². The van der Waals surface area contributed by atoms with E-state index in [1.54, 1.807) is 42.5 Å². The Morgan fingerprint density at radius 3 is 2.48 bits per heavy atom. The third-order valence-corrected chi connectivity index (χ3v) is 4.65. The van der Waals surface area contributed by atoms with Crippen molar-refractivity contribution < 1.29 is 23.9 Å². The number of urea groups is 1. The molecule has 0 unspecified atom stereocenters. The van der Waals surface area contributed by atoms with Crippen molar-refractivity contribution in [3.05, 3.63) is 58.1 Å². The highest BCUT2D eigenvalue weighted by Crippen LogP contribution is 2.28. The number of ether oxygens (including phenoxy) is 2. The second-order valence-electron chi connectivity index (χ2n) is 6.19. The fourth-order valence-electron chi connectivity index (χ4n) is 2.78. The number of barbiturate groups is 1. The van der Waals surface area contributed by atoms with Gasteiger partial charge in [-0.15, -0.1) is 0 Å². The maximum absolute atomic E-state index is 13.0. The second kappa shape index (κ2) is 8.91. The van der Waals surface area contributed by atoms with Crippen LogP contribution in [0.4, 0.5) is 10.5 Å². The third kappa shape index (κ3) is 4.48. The van der Waals surface area contributed by atoms with Crippen LogP contribution in [0.2, 0.25) is 0 Å². The Morgan fingerprint density at radius 2 is 1.83 bits per heavy atom. The Hall–Kier alpha value is -3.13. The van der Waals surface area contributed by atoms with Crippen LogP contribution in [0.3, 0.4) is 0 Å². The minimum atomic E-state index is -0.805. The number of methoxy groups -OCH3 is 1. The molecule has 0 aromatic heterocycles. The van der Waals surface area contributed by atoms with Crippen LogP contribution >= 0.6 is 15.9 Å². The molecule has 4 amide bonds. The van der Waals surface area contributed by atoms with Gasteiger partial charge in [0.05, 0.1) is 19.4 Å². The Kier molecular flexibility index (Phi) is 6.33. The van der Waals surface area contributed by atoms with Gasteiger partial charge in [0.15, 0.2) is 0 Å². The number of halogens is 1. The number of carbonyl (C=O) groups is 3. The molecule has 2 aromatic carbocycles. The van der Waals surface area contributed by atoms with E-state index in [0.717, 1.165) is 15.8 Å². The molecule has 0 aliphatic carbocycles. The van der Waals surface area contributed by atoms with Gasteiger partial charge in [-0.05, 0) is 55.0 Å². The molecule has 1 saturated heterocycles. The van der Waals surface area contributed by atoms with Gasteiger partial charge < -0.3 is 9.47 Å². The Morgan fingerprint density at radius 1 is 1.10 bits per heavy atom. The minimum absolute atomic E-state index is 0.174. The molecule has 0 radical (unpaired) electrons. The van der Waals surface area contributed by atoms with Crippen LogP contribution in [0, 0.1) is 0 Å². The monoisotopic (exact) mass is 458 g/mol. The van der Waals surface area contributed by atoms with E-state index in [4.69, 9.17) is 9.47 Å². The quantitative estimate of drug-likeness (QED) is 0.523. The number of hydrogen-bond donors (Lipinski definition) is 1. The first-order valence-electron chi connectivity index (χ1n) is 8.92. The summed E-state index contributed by atoms with van der Waals surface area (Å²) in [5.41, 5.74) is 0.682. The molecule has 1 N–H and O–H groups in total. The first kappa shape index (κ1) is 20.6. The van der Waals surface area contributed by atoms with Crippen LogP contribution in [0.5, 0.6) is 11.5 Å². The average Bonchev–Trinajstić information content (AvgIpc) is 2.70. The topological polar surface area (TPSA) is 84.9 Å². The molecular formula is C21H19BrN2O5. The van der Waals surface area contributed by atoms with Crippen molar-refractivity contribution in [1.82, 2.24) is 5.32 Å². The first-order chi connectivity index (χ1) is 13.9. The molecule has 7 nitrogen and oxygen atoms in total. The van der Waals surface area contributed by atoms with Crippen molar-refractivity contribution in [1.29, 1.82) is 0 Å². The van der Waals surface area contributed by atoms with Crippen LogP contribution in [-0.2, 0) is 9.59 Å². The van der Waals surface area contributed by atoms with E-state index in [2.05, 4.69) is 21.2 Å². The number of amides is 4. The molecule has 8 heteroatoms. The first-order valence-corrected chi connectivity index (χ1v) is 9.71. The Balaban J connectivity index is 1.95. The van der Waals surface area contributed by atoms with E-state index >= 15 is 0 Å². The molecule has 3 rings (SSSR count). The lowest BCUT2D eigenvalue weighted by atomic mass is 10.1. The lowest BCUT2D eigenvalue weighted by Gasteiger charge is -2.26. The number of hydrogen-bond acceptors (Lipinski definition) is 5. The van der Waals surface area contributed by atoms with E-state index in [1.807, 2.05) is 6.92 Å². The normalized spacial score (nSPS) is 15.5. The number of benzene rings is 2. The van der Waals surface area contributed by atoms with Crippen molar-refractivity contribution in [2.24, 2.45) is 0 Å². The lowest BCUT2D eigenvalue weighted by molar-refractivity contribution is -0.122. The molecule has 1 heterocycles. The van der Waals surface area contributed by atoms with Crippen molar-refractivity contribution >= 4 is 45.5 Å². The van der Waals surface area contributed by atoms with E-state index in [9.17, 15) is 14.4 Å². The molecule has 0 bridgehead atoms. The summed E-state index contributed by atoms with van der Waals surface area (Å²) in [4.78, 5) is 38.6. The van der Waals surface area contributed by atoms with Crippen LogP contribution in [0.25, 0.3) is 6.08 Å². The van der Waals surface area contributed by atoms with Crippen molar-refractivity contribution in [2.75, 3.05) is 18.6 Å². The highest BCUT2D eigenvalue weighted by molar-refractivity contribution is 9.10. The van der Waals surface area contributed by atoms with Gasteiger partial charge in [-0.25, -0.2) is 9.69 Å². The fourth-order valence-corrected chi connectivity index (χ4v) is 3.16. The molecule has 1 aliphatic heterocycles. The maximum Gasteiger partial charge on any atom is 0.335 e. The molecule has 0 atom stereocenters. The number of nitrogens with one attached hydrogen (secondary N) is 1. The molecule has 1 fully saturated rings. The number of anilines is 1. The molecule has 2 aromatic rings. The van der Waals surface area contributed by atoms with Gasteiger partial charge in [0, 0.05) is 10.0 Å². The van der Waals surface area contributed by atoms with Gasteiger partial charge in [-0.1, -0.05) is 22.9 Å². The van der Waals surface area contributed by atoms with E-state index < -0.39 is 17.8 Å². The summed E-state index contributed by atoms with van der Waals surface area (Å²) in [5.74, 6) is -0.363. The second-order valence-corrected chi connectivity index (χ2v) is 7.10. The summed E-state index contributed by atoms with van der Waals surface area (Å²) in [6, 6.07) is 10.9. The van der Waals surface area contributed by atoms with Crippen LogP contribution in [0.1, 0.15) is 18.9 Å². The molecule has 150 valence electrons. The summed E-state index contributed by atoms with van der Waals surface area (Å²) in [6.07, 6.45) is 2.27. The largest absolute Gasteiger partial charge is 0.496 e. The number of carbonyl (C=O) groups excluding carboxylic acids is 3. The van der Waals surface area contributed by atoms with E-state index in [0.29, 0.717) is 29.4 Å². The summed E-state index contributed by atoms with van der Waals surface area (Å²) in [7, 11) is 1.49. The van der Waals surface area contributed by atoms with Gasteiger partial charge in [-0.2, -0.15) is 0 Å². The summed E-state index contributed by atoms with van der Waals surface area (Å²) >= 11 is 3.36. The van der Waals surface area contributed by atoms with Crippen LogP contribution in [-0.4, -0.2) is 31.6 Å². The SMILES string of the molecule is CCCOc1ccc(N2C(=O)NC(=O)/C(=C/c3cc(Br)ccc3OC)C2=O)cc1. The predicted molar refractivity (Wildman–Crippen MR) is 112 cm³/mol. The molecule has 1 aliphatic rings. The van der Waals surface area contributed by atoms with Crippen LogP contribution < -0.4 is 19.7 Å². The number of nitrogens with zero attached hydrogens (tertiary/aromatic N) is 1. The zero-order valence-electron chi connectivity index (χ0n) is 15.9. The standard InChI is InChI=1S/C21H19BrN2O5/c1-3-10-29-16-7-5-15(6-8-16)24-20(26)17(19(25)23-21(24)27)12-13-11-14(22)4-9-18(13)28-2/h4-9,11-12H,3,10H2,1-2H3,(H,23,25,27)/b17-12-. The van der Waals surface area contributed by atoms with Gasteiger partial charge in [0.2, 0.25) is 0 Å². The molecule has 0 spiro atoms.